The Morgan fingerprint density at radius 3 is 2.80 bits per heavy atom. The third-order valence-electron chi connectivity index (χ3n) is 3.91. The Hall–Kier alpha value is -2.06. The fourth-order valence-electron chi connectivity index (χ4n) is 2.85. The van der Waals surface area contributed by atoms with E-state index in [9.17, 15) is 9.59 Å². The SMILES string of the molecule is Cc1c(N2C(=O)C3CCCN3C2=O)ccc(C#N)c1Cl. The normalized spacial score (nSPS) is 21.4. The highest BCUT2D eigenvalue weighted by Gasteiger charge is 2.48. The topological polar surface area (TPSA) is 64.4 Å². The summed E-state index contributed by atoms with van der Waals surface area (Å²) in [6.45, 7) is 2.33. The van der Waals surface area contributed by atoms with Crippen molar-refractivity contribution in [3.8, 4) is 6.07 Å². The minimum Gasteiger partial charge on any atom is -0.312 e. The number of anilines is 1. The molecule has 0 N–H and O–H groups in total. The molecule has 3 amide bonds. The van der Waals surface area contributed by atoms with Crippen LogP contribution in [0.3, 0.4) is 0 Å². The van der Waals surface area contributed by atoms with Gasteiger partial charge in [0.15, 0.2) is 0 Å². The lowest BCUT2D eigenvalue weighted by Crippen LogP contribution is -2.33. The largest absolute Gasteiger partial charge is 0.332 e. The number of imide groups is 1. The number of benzene rings is 1. The van der Waals surface area contributed by atoms with E-state index in [1.807, 2.05) is 6.07 Å². The van der Waals surface area contributed by atoms with E-state index in [-0.39, 0.29) is 23.0 Å². The summed E-state index contributed by atoms with van der Waals surface area (Å²) in [6, 6.07) is 4.50. The van der Waals surface area contributed by atoms with Crippen LogP contribution >= 0.6 is 11.6 Å². The number of carbonyl (C=O) groups excluding carboxylic acids is 2. The quantitative estimate of drug-likeness (QED) is 0.746. The van der Waals surface area contributed by atoms with Crippen molar-refractivity contribution in [1.82, 2.24) is 4.90 Å². The lowest BCUT2D eigenvalue weighted by atomic mass is 10.1. The van der Waals surface area contributed by atoms with Crippen LogP contribution in [0.25, 0.3) is 0 Å². The van der Waals surface area contributed by atoms with Crippen LogP contribution in [0.15, 0.2) is 12.1 Å². The molecule has 2 aliphatic heterocycles. The first-order valence-electron chi connectivity index (χ1n) is 6.40. The summed E-state index contributed by atoms with van der Waals surface area (Å²) in [5.41, 5.74) is 1.39. The first-order valence-corrected chi connectivity index (χ1v) is 6.78. The van der Waals surface area contributed by atoms with Gasteiger partial charge in [-0.25, -0.2) is 9.69 Å². The van der Waals surface area contributed by atoms with Crippen LogP contribution in [-0.4, -0.2) is 29.4 Å². The van der Waals surface area contributed by atoms with Gasteiger partial charge in [-0.2, -0.15) is 5.26 Å². The van der Waals surface area contributed by atoms with Crippen LogP contribution in [0.4, 0.5) is 10.5 Å². The van der Waals surface area contributed by atoms with Gasteiger partial charge in [0, 0.05) is 6.54 Å². The number of nitriles is 1. The third-order valence-corrected chi connectivity index (χ3v) is 4.40. The van der Waals surface area contributed by atoms with Crippen molar-refractivity contribution in [1.29, 1.82) is 5.26 Å². The molecule has 1 unspecified atom stereocenters. The molecule has 3 rings (SSSR count). The molecule has 6 heteroatoms. The summed E-state index contributed by atoms with van der Waals surface area (Å²) in [5, 5.41) is 9.23. The first kappa shape index (κ1) is 12.9. The van der Waals surface area contributed by atoms with E-state index in [4.69, 9.17) is 16.9 Å². The predicted octanol–water partition coefficient (Wildman–Crippen LogP) is 2.45. The van der Waals surface area contributed by atoms with Gasteiger partial charge in [-0.1, -0.05) is 11.6 Å². The fourth-order valence-corrected chi connectivity index (χ4v) is 3.05. The van der Waals surface area contributed by atoms with Crippen LogP contribution in [0, 0.1) is 18.3 Å². The summed E-state index contributed by atoms with van der Waals surface area (Å²) < 4.78 is 0. The molecule has 2 heterocycles. The highest BCUT2D eigenvalue weighted by Crippen LogP contribution is 2.36. The number of urea groups is 1. The number of carbonyl (C=O) groups is 2. The van der Waals surface area contributed by atoms with E-state index in [1.54, 1.807) is 17.9 Å². The lowest BCUT2D eigenvalue weighted by Gasteiger charge is -2.18. The van der Waals surface area contributed by atoms with E-state index in [0.717, 1.165) is 6.42 Å². The van der Waals surface area contributed by atoms with Crippen LogP contribution < -0.4 is 4.90 Å². The molecule has 0 saturated carbocycles. The minimum atomic E-state index is -0.337. The number of hydrogen-bond acceptors (Lipinski definition) is 3. The predicted molar refractivity (Wildman–Crippen MR) is 73.5 cm³/mol. The molecule has 0 bridgehead atoms. The average Bonchev–Trinajstić information content (AvgIpc) is 3.00. The number of hydrogen-bond donors (Lipinski definition) is 0. The third kappa shape index (κ3) is 1.61. The van der Waals surface area contributed by atoms with Crippen molar-refractivity contribution in [2.75, 3.05) is 11.4 Å². The number of fused-ring (bicyclic) bond motifs is 1. The molecule has 0 aliphatic carbocycles. The summed E-state index contributed by atoms with van der Waals surface area (Å²) in [6.07, 6.45) is 1.58. The van der Waals surface area contributed by atoms with Gasteiger partial charge in [0.05, 0.1) is 16.3 Å². The van der Waals surface area contributed by atoms with Crippen molar-refractivity contribution < 1.29 is 9.59 Å². The smallest absolute Gasteiger partial charge is 0.312 e. The maximum Gasteiger partial charge on any atom is 0.332 e. The van der Waals surface area contributed by atoms with E-state index in [2.05, 4.69) is 0 Å². The van der Waals surface area contributed by atoms with Crippen molar-refractivity contribution in [3.63, 3.8) is 0 Å². The fraction of sp³-hybridized carbons (Fsp3) is 0.357. The lowest BCUT2D eigenvalue weighted by molar-refractivity contribution is -0.119. The van der Waals surface area contributed by atoms with Gasteiger partial charge in [0.1, 0.15) is 12.1 Å². The highest BCUT2D eigenvalue weighted by atomic mass is 35.5. The number of amides is 3. The van der Waals surface area contributed by atoms with E-state index in [1.165, 1.54) is 11.0 Å². The van der Waals surface area contributed by atoms with Gasteiger partial charge in [-0.05, 0) is 37.5 Å². The average molecular weight is 290 g/mol. The van der Waals surface area contributed by atoms with Crippen molar-refractivity contribution in [2.24, 2.45) is 0 Å². The van der Waals surface area contributed by atoms with E-state index in [0.29, 0.717) is 29.8 Å². The summed E-state index contributed by atoms with van der Waals surface area (Å²) >= 11 is 6.11. The Labute approximate surface area is 121 Å². The molecule has 1 aromatic rings. The Morgan fingerprint density at radius 1 is 1.40 bits per heavy atom. The van der Waals surface area contributed by atoms with Crippen LogP contribution in [0.1, 0.15) is 24.0 Å². The minimum absolute atomic E-state index is 0.198. The molecule has 2 saturated heterocycles. The highest BCUT2D eigenvalue weighted by molar-refractivity contribution is 6.33. The Balaban J connectivity index is 2.07. The Kier molecular flexibility index (Phi) is 2.91. The molecule has 0 radical (unpaired) electrons. The summed E-state index contributed by atoms with van der Waals surface area (Å²) in [5.74, 6) is -0.198. The Morgan fingerprint density at radius 2 is 2.15 bits per heavy atom. The second kappa shape index (κ2) is 4.50. The summed E-state index contributed by atoms with van der Waals surface area (Å²) in [7, 11) is 0. The van der Waals surface area contributed by atoms with E-state index >= 15 is 0 Å². The second-order valence-corrected chi connectivity index (χ2v) is 5.37. The molecule has 102 valence electrons. The van der Waals surface area contributed by atoms with Crippen molar-refractivity contribution >= 4 is 29.2 Å². The number of nitrogens with zero attached hydrogens (tertiary/aromatic N) is 3. The van der Waals surface area contributed by atoms with Crippen molar-refractivity contribution in [2.45, 2.75) is 25.8 Å². The number of halogens is 1. The van der Waals surface area contributed by atoms with Crippen LogP contribution in [0.2, 0.25) is 5.02 Å². The molecule has 2 fully saturated rings. The van der Waals surface area contributed by atoms with Gasteiger partial charge >= 0.3 is 6.03 Å². The summed E-state index contributed by atoms with van der Waals surface area (Å²) in [4.78, 5) is 27.5. The monoisotopic (exact) mass is 289 g/mol. The van der Waals surface area contributed by atoms with Gasteiger partial charge < -0.3 is 4.90 Å². The van der Waals surface area contributed by atoms with Crippen LogP contribution in [0.5, 0.6) is 0 Å². The zero-order valence-corrected chi connectivity index (χ0v) is 11.6. The standard InChI is InChI=1S/C14H12ClN3O2/c1-8-10(5-4-9(7-16)12(8)15)18-13(19)11-3-2-6-17(11)14(18)20/h4-5,11H,2-3,6H2,1H3. The van der Waals surface area contributed by atoms with Gasteiger partial charge in [0.25, 0.3) is 5.91 Å². The van der Waals surface area contributed by atoms with Crippen molar-refractivity contribution in [3.05, 3.63) is 28.3 Å². The van der Waals surface area contributed by atoms with Gasteiger partial charge in [0.2, 0.25) is 0 Å². The van der Waals surface area contributed by atoms with Gasteiger partial charge in [-0.15, -0.1) is 0 Å². The molecule has 0 spiro atoms. The molecular weight excluding hydrogens is 278 g/mol. The zero-order chi connectivity index (χ0) is 14.4. The molecular formula is C14H12ClN3O2. The maximum atomic E-state index is 12.4. The first-order chi connectivity index (χ1) is 9.56. The second-order valence-electron chi connectivity index (χ2n) is 4.99. The van der Waals surface area contributed by atoms with E-state index < -0.39 is 0 Å². The Bertz CT molecular complexity index is 643. The molecule has 5 nitrogen and oxygen atoms in total. The molecule has 0 aromatic heterocycles. The molecule has 20 heavy (non-hydrogen) atoms. The maximum absolute atomic E-state index is 12.4. The molecule has 2 aliphatic rings. The van der Waals surface area contributed by atoms with Crippen LogP contribution in [-0.2, 0) is 4.79 Å². The zero-order valence-electron chi connectivity index (χ0n) is 10.9. The molecule has 1 aromatic carbocycles. The molecule has 1 atom stereocenters. The number of rotatable bonds is 1. The van der Waals surface area contributed by atoms with Gasteiger partial charge in [-0.3, -0.25) is 4.79 Å².